The highest BCUT2D eigenvalue weighted by Gasteiger charge is 2.25. The Labute approximate surface area is 130 Å². The molecule has 1 aliphatic rings. The van der Waals surface area contributed by atoms with Gasteiger partial charge < -0.3 is 5.32 Å². The Morgan fingerprint density at radius 3 is 2.95 bits per heavy atom. The maximum absolute atomic E-state index is 10.7. The predicted octanol–water partition coefficient (Wildman–Crippen LogP) is 2.73. The Balaban J connectivity index is 1.63. The Bertz CT molecular complexity index is 837. The largest absolute Gasteiger partial charge is 0.309 e. The first kappa shape index (κ1) is 13.4. The van der Waals surface area contributed by atoms with E-state index in [1.54, 1.807) is 23.7 Å². The minimum atomic E-state index is -0.366. The fraction of sp³-hybridized carbons (Fsp3) is 0.267. The second-order valence-electron chi connectivity index (χ2n) is 5.41. The first-order valence-electron chi connectivity index (χ1n) is 7.15. The van der Waals surface area contributed by atoms with Crippen molar-refractivity contribution in [3.05, 3.63) is 62.6 Å². The Hall–Kier alpha value is -2.25. The zero-order valence-electron chi connectivity index (χ0n) is 11.7. The molecule has 0 bridgehead atoms. The summed E-state index contributed by atoms with van der Waals surface area (Å²) in [4.78, 5) is 11.7. The third-order valence-corrected chi connectivity index (χ3v) is 5.26. The second-order valence-corrected chi connectivity index (χ2v) is 6.38. The fourth-order valence-corrected chi connectivity index (χ4v) is 4.17. The molecule has 2 aromatic heterocycles. The SMILES string of the molecule is O=[N+]([O-])c1ccc(CC2NCCc3c2sn2nccc32)cc1. The maximum Gasteiger partial charge on any atom is 0.269 e. The van der Waals surface area contributed by atoms with E-state index in [1.807, 2.05) is 22.2 Å². The average molecular weight is 314 g/mol. The predicted molar refractivity (Wildman–Crippen MR) is 84.3 cm³/mol. The minimum absolute atomic E-state index is 0.135. The molecule has 7 heteroatoms. The fourth-order valence-electron chi connectivity index (χ4n) is 3.00. The van der Waals surface area contributed by atoms with Crippen molar-refractivity contribution in [2.75, 3.05) is 6.54 Å². The van der Waals surface area contributed by atoms with Gasteiger partial charge in [0.05, 0.1) is 16.6 Å². The van der Waals surface area contributed by atoms with Crippen LogP contribution in [0.2, 0.25) is 0 Å². The van der Waals surface area contributed by atoms with E-state index in [1.165, 1.54) is 16.0 Å². The van der Waals surface area contributed by atoms with Gasteiger partial charge in [-0.25, -0.2) is 0 Å². The zero-order chi connectivity index (χ0) is 15.1. The van der Waals surface area contributed by atoms with Gasteiger partial charge in [0.2, 0.25) is 0 Å². The van der Waals surface area contributed by atoms with Crippen LogP contribution in [0.15, 0.2) is 36.5 Å². The van der Waals surface area contributed by atoms with E-state index in [0.717, 1.165) is 24.9 Å². The van der Waals surface area contributed by atoms with Gasteiger partial charge in [-0.15, -0.1) is 0 Å². The summed E-state index contributed by atoms with van der Waals surface area (Å²) in [5, 5.41) is 18.6. The molecule has 0 spiro atoms. The molecule has 0 amide bonds. The lowest BCUT2D eigenvalue weighted by molar-refractivity contribution is -0.384. The van der Waals surface area contributed by atoms with Crippen LogP contribution < -0.4 is 5.32 Å². The van der Waals surface area contributed by atoms with Crippen LogP contribution in [-0.4, -0.2) is 20.5 Å². The Kier molecular flexibility index (Phi) is 3.16. The van der Waals surface area contributed by atoms with Crippen LogP contribution >= 0.6 is 11.5 Å². The number of rotatable bonds is 3. The van der Waals surface area contributed by atoms with E-state index in [9.17, 15) is 10.1 Å². The van der Waals surface area contributed by atoms with Gasteiger partial charge in [0.25, 0.3) is 5.69 Å². The minimum Gasteiger partial charge on any atom is -0.309 e. The normalized spacial score (nSPS) is 17.5. The first-order valence-corrected chi connectivity index (χ1v) is 7.92. The van der Waals surface area contributed by atoms with Crippen molar-refractivity contribution < 1.29 is 4.92 Å². The maximum atomic E-state index is 10.7. The van der Waals surface area contributed by atoms with E-state index in [-0.39, 0.29) is 16.7 Å². The molecule has 1 N–H and O–H groups in total. The van der Waals surface area contributed by atoms with Crippen LogP contribution in [0, 0.1) is 10.1 Å². The van der Waals surface area contributed by atoms with Gasteiger partial charge in [-0.2, -0.15) is 9.00 Å². The summed E-state index contributed by atoms with van der Waals surface area (Å²) < 4.78 is 1.97. The van der Waals surface area contributed by atoms with E-state index < -0.39 is 0 Å². The van der Waals surface area contributed by atoms with Crippen molar-refractivity contribution in [2.45, 2.75) is 18.9 Å². The first-order chi connectivity index (χ1) is 10.7. The lowest BCUT2D eigenvalue weighted by Gasteiger charge is -2.23. The molecule has 3 aromatic rings. The lowest BCUT2D eigenvalue weighted by Crippen LogP contribution is -2.30. The van der Waals surface area contributed by atoms with E-state index in [4.69, 9.17) is 0 Å². The third-order valence-electron chi connectivity index (χ3n) is 4.07. The molecule has 0 aliphatic carbocycles. The van der Waals surface area contributed by atoms with Crippen molar-refractivity contribution in [1.29, 1.82) is 0 Å². The molecule has 22 heavy (non-hydrogen) atoms. The number of hydrogen-bond acceptors (Lipinski definition) is 5. The van der Waals surface area contributed by atoms with E-state index in [0.29, 0.717) is 0 Å². The van der Waals surface area contributed by atoms with Gasteiger partial charge in [-0.3, -0.25) is 10.1 Å². The van der Waals surface area contributed by atoms with Gasteiger partial charge in [-0.1, -0.05) is 12.1 Å². The summed E-state index contributed by atoms with van der Waals surface area (Å²) in [5.41, 5.74) is 3.82. The summed E-state index contributed by atoms with van der Waals surface area (Å²) in [6.45, 7) is 0.947. The summed E-state index contributed by atoms with van der Waals surface area (Å²) in [6, 6.07) is 9.13. The average Bonchev–Trinajstić information content (AvgIpc) is 3.09. The highest BCUT2D eigenvalue weighted by atomic mass is 32.1. The summed E-state index contributed by atoms with van der Waals surface area (Å²) in [7, 11) is 0. The topological polar surface area (TPSA) is 72.5 Å². The van der Waals surface area contributed by atoms with Crippen LogP contribution in [-0.2, 0) is 12.8 Å². The second kappa shape index (κ2) is 5.19. The monoisotopic (exact) mass is 314 g/mol. The zero-order valence-corrected chi connectivity index (χ0v) is 12.5. The summed E-state index contributed by atoms with van der Waals surface area (Å²) in [5.74, 6) is 0. The molecule has 0 saturated heterocycles. The highest BCUT2D eigenvalue weighted by Crippen LogP contribution is 2.33. The number of non-ortho nitro benzene ring substituents is 1. The summed E-state index contributed by atoms with van der Waals surface area (Å²) in [6.07, 6.45) is 3.68. The van der Waals surface area contributed by atoms with Crippen molar-refractivity contribution in [1.82, 2.24) is 14.3 Å². The van der Waals surface area contributed by atoms with Crippen LogP contribution in [0.4, 0.5) is 5.69 Å². The van der Waals surface area contributed by atoms with Crippen molar-refractivity contribution >= 4 is 22.7 Å². The molecule has 0 fully saturated rings. The smallest absolute Gasteiger partial charge is 0.269 e. The number of aromatic nitrogens is 2. The van der Waals surface area contributed by atoms with E-state index >= 15 is 0 Å². The number of nitro groups is 1. The van der Waals surface area contributed by atoms with Crippen LogP contribution in [0.5, 0.6) is 0 Å². The van der Waals surface area contributed by atoms with E-state index in [2.05, 4.69) is 16.5 Å². The van der Waals surface area contributed by atoms with Crippen molar-refractivity contribution in [3.8, 4) is 0 Å². The number of fused-ring (bicyclic) bond motifs is 3. The molecular weight excluding hydrogens is 300 g/mol. The van der Waals surface area contributed by atoms with Crippen LogP contribution in [0.25, 0.3) is 5.52 Å². The molecule has 0 saturated carbocycles. The molecular formula is C15H14N4O2S. The molecule has 1 aromatic carbocycles. The standard InChI is InChI=1S/C15H14N4O2S/c20-19(21)11-3-1-10(2-4-11)9-13-15-12(5-7-16-13)14-6-8-17-18(14)22-15/h1-4,6,8,13,16H,5,7,9H2. The third kappa shape index (κ3) is 2.18. The molecule has 4 rings (SSSR count). The molecule has 1 unspecified atom stereocenters. The van der Waals surface area contributed by atoms with Gasteiger partial charge in [0, 0.05) is 23.1 Å². The van der Waals surface area contributed by atoms with Gasteiger partial charge in [-0.05, 0) is 48.1 Å². The lowest BCUT2D eigenvalue weighted by atomic mass is 9.97. The molecule has 0 radical (unpaired) electrons. The van der Waals surface area contributed by atoms with Crippen LogP contribution in [0.3, 0.4) is 0 Å². The number of nitro benzene ring substituents is 1. The molecule has 1 atom stereocenters. The number of nitrogens with one attached hydrogen (secondary N) is 1. The Morgan fingerprint density at radius 1 is 1.36 bits per heavy atom. The number of benzene rings is 1. The quantitative estimate of drug-likeness (QED) is 0.596. The Morgan fingerprint density at radius 2 is 2.18 bits per heavy atom. The number of nitrogens with zero attached hydrogens (tertiary/aromatic N) is 3. The van der Waals surface area contributed by atoms with Gasteiger partial charge >= 0.3 is 0 Å². The number of hydrogen-bond donors (Lipinski definition) is 1. The van der Waals surface area contributed by atoms with Crippen LogP contribution in [0.1, 0.15) is 22.0 Å². The molecule has 3 heterocycles. The summed E-state index contributed by atoms with van der Waals surface area (Å²) >= 11 is 1.68. The van der Waals surface area contributed by atoms with Crippen molar-refractivity contribution in [2.24, 2.45) is 0 Å². The molecule has 1 aliphatic heterocycles. The highest BCUT2D eigenvalue weighted by molar-refractivity contribution is 7.07. The molecule has 6 nitrogen and oxygen atoms in total. The molecule has 112 valence electrons. The van der Waals surface area contributed by atoms with Crippen molar-refractivity contribution in [3.63, 3.8) is 0 Å². The van der Waals surface area contributed by atoms with Gasteiger partial charge in [0.15, 0.2) is 0 Å². The van der Waals surface area contributed by atoms with Gasteiger partial charge in [0.1, 0.15) is 0 Å².